The van der Waals surface area contributed by atoms with Crippen molar-refractivity contribution in [2.45, 2.75) is 0 Å². The van der Waals surface area contributed by atoms with E-state index < -0.39 is 5.97 Å². The van der Waals surface area contributed by atoms with E-state index >= 15 is 0 Å². The molecule has 0 spiro atoms. The van der Waals surface area contributed by atoms with Crippen LogP contribution in [0.3, 0.4) is 0 Å². The van der Waals surface area contributed by atoms with E-state index in [1.54, 1.807) is 0 Å². The van der Waals surface area contributed by atoms with Crippen LogP contribution in [-0.4, -0.2) is 5.97 Å². The van der Waals surface area contributed by atoms with Crippen molar-refractivity contribution in [1.82, 2.24) is 0 Å². The summed E-state index contributed by atoms with van der Waals surface area (Å²) in [6.45, 7) is 0. The molecule has 3 nitrogen and oxygen atoms in total. The van der Waals surface area contributed by atoms with E-state index in [9.17, 15) is 15.0 Å². The number of carbonyl (C=O) groups is 1. The second-order valence-electron chi connectivity index (χ2n) is 1.82. The molecule has 1 aromatic rings. The predicted octanol–water partition coefficient (Wildman–Crippen LogP) is -6.87. The maximum Gasteiger partial charge on any atom is 1.00 e. The Hall–Kier alpha value is 0.490. The Labute approximate surface area is 114 Å². The van der Waals surface area contributed by atoms with Gasteiger partial charge in [0.2, 0.25) is 0 Å². The molecule has 0 bridgehead atoms. The van der Waals surface area contributed by atoms with E-state index in [1.807, 2.05) is 0 Å². The minimum atomic E-state index is -1.32. The molecule has 0 heterocycles. The molecule has 0 saturated carbocycles. The summed E-state index contributed by atoms with van der Waals surface area (Å²) in [7, 11) is 0. The van der Waals surface area contributed by atoms with E-state index in [-0.39, 0.29) is 70.4 Å². The number of hydrogen-bond acceptors (Lipinski definition) is 3. The standard InChI is InChI=1S/C7H6O3.2Na/c8-6-3-1-2-5(4-6)7(9)10;;/h1-4,8H,(H,9,10);;/q;2*+1/p-2. The average molecular weight is 182 g/mol. The summed E-state index contributed by atoms with van der Waals surface area (Å²) >= 11 is 0. The molecule has 0 saturated heterocycles. The Morgan fingerprint density at radius 3 is 2.17 bits per heavy atom. The van der Waals surface area contributed by atoms with Gasteiger partial charge in [0.05, 0.1) is 5.97 Å². The Morgan fingerprint density at radius 2 is 1.83 bits per heavy atom. The molecule has 0 radical (unpaired) electrons. The molecule has 0 aliphatic heterocycles. The second kappa shape index (κ2) is 6.95. The molecular weight excluding hydrogens is 178 g/mol. The number of rotatable bonds is 1. The van der Waals surface area contributed by atoms with Crippen LogP contribution in [0.15, 0.2) is 24.3 Å². The zero-order valence-electron chi connectivity index (χ0n) is 7.03. The fourth-order valence-electron chi connectivity index (χ4n) is 0.623. The van der Waals surface area contributed by atoms with Gasteiger partial charge in [0, 0.05) is 0 Å². The van der Waals surface area contributed by atoms with Crippen LogP contribution in [0, 0.1) is 0 Å². The van der Waals surface area contributed by atoms with Crippen molar-refractivity contribution in [1.29, 1.82) is 0 Å². The van der Waals surface area contributed by atoms with Crippen molar-refractivity contribution < 1.29 is 74.1 Å². The van der Waals surface area contributed by atoms with Crippen molar-refractivity contribution in [3.05, 3.63) is 29.8 Å². The smallest absolute Gasteiger partial charge is 0.872 e. The minimum absolute atomic E-state index is 0. The van der Waals surface area contributed by atoms with Gasteiger partial charge in [-0.25, -0.2) is 0 Å². The number of carbonyl (C=O) groups excluding carboxylic acids is 1. The molecule has 0 aromatic heterocycles. The van der Waals surface area contributed by atoms with Gasteiger partial charge in [0.25, 0.3) is 0 Å². The van der Waals surface area contributed by atoms with Gasteiger partial charge in [0.15, 0.2) is 0 Å². The molecule has 0 aliphatic carbocycles. The van der Waals surface area contributed by atoms with Crippen LogP contribution < -0.4 is 69.3 Å². The van der Waals surface area contributed by atoms with Crippen LogP contribution >= 0.6 is 0 Å². The third-order valence-corrected chi connectivity index (χ3v) is 1.07. The first kappa shape index (κ1) is 15.0. The summed E-state index contributed by atoms with van der Waals surface area (Å²) in [5, 5.41) is 20.6. The van der Waals surface area contributed by atoms with Crippen LogP contribution in [-0.2, 0) is 0 Å². The second-order valence-corrected chi connectivity index (χ2v) is 1.82. The third-order valence-electron chi connectivity index (χ3n) is 1.07. The van der Waals surface area contributed by atoms with Gasteiger partial charge in [-0.15, -0.1) is 5.75 Å². The topological polar surface area (TPSA) is 63.2 Å². The zero-order chi connectivity index (χ0) is 7.56. The maximum absolute atomic E-state index is 10.5. The van der Waals surface area contributed by atoms with Crippen LogP contribution in [0.5, 0.6) is 5.75 Å². The molecule has 0 unspecified atom stereocenters. The summed E-state index contributed by atoms with van der Waals surface area (Å²) < 4.78 is 0. The fraction of sp³-hybridized carbons (Fsp3) is 0. The minimum Gasteiger partial charge on any atom is -0.872 e. The first-order valence-corrected chi connectivity index (χ1v) is 2.68. The van der Waals surface area contributed by atoms with Gasteiger partial charge in [0.1, 0.15) is 0 Å². The Balaban J connectivity index is 0. The first-order chi connectivity index (χ1) is 4.70. The van der Waals surface area contributed by atoms with Gasteiger partial charge in [-0.3, -0.25) is 0 Å². The molecule has 1 aromatic carbocycles. The van der Waals surface area contributed by atoms with E-state index in [2.05, 4.69) is 0 Å². The van der Waals surface area contributed by atoms with Gasteiger partial charge < -0.3 is 15.0 Å². The van der Waals surface area contributed by atoms with Crippen molar-refractivity contribution in [3.63, 3.8) is 0 Å². The maximum atomic E-state index is 10.5. The van der Waals surface area contributed by atoms with E-state index in [1.165, 1.54) is 18.2 Å². The van der Waals surface area contributed by atoms with Gasteiger partial charge in [-0.1, -0.05) is 24.3 Å². The molecule has 1 rings (SSSR count). The quantitative estimate of drug-likeness (QED) is 0.405. The normalized spacial score (nSPS) is 7.67. The number of aromatic carboxylic acids is 1. The summed E-state index contributed by atoms with van der Waals surface area (Å²) in [4.78, 5) is 10.1. The zero-order valence-corrected chi connectivity index (χ0v) is 11.0. The van der Waals surface area contributed by atoms with Gasteiger partial charge in [-0.2, -0.15) is 0 Å². The summed E-state index contributed by atoms with van der Waals surface area (Å²) in [6.07, 6.45) is 0. The Kier molecular flexibility index (Phi) is 8.68. The summed E-state index contributed by atoms with van der Waals surface area (Å²) in [5.41, 5.74) is -0.0764. The SMILES string of the molecule is O=C([O-])c1cccc([O-])c1.[Na+].[Na+]. The molecular formula is C7H4Na2O3. The van der Waals surface area contributed by atoms with E-state index in [0.717, 1.165) is 6.07 Å². The number of carboxylic acids is 1. The van der Waals surface area contributed by atoms with E-state index in [4.69, 9.17) is 0 Å². The molecule has 12 heavy (non-hydrogen) atoms. The van der Waals surface area contributed by atoms with Crippen LogP contribution in [0.25, 0.3) is 0 Å². The first-order valence-electron chi connectivity index (χ1n) is 2.68. The molecule has 0 amide bonds. The summed E-state index contributed by atoms with van der Waals surface area (Å²) in [6, 6.07) is 5.01. The van der Waals surface area contributed by atoms with Gasteiger partial charge in [-0.05, 0) is 5.56 Å². The van der Waals surface area contributed by atoms with Gasteiger partial charge >= 0.3 is 59.1 Å². The number of hydrogen-bond donors (Lipinski definition) is 0. The van der Waals surface area contributed by atoms with Crippen LogP contribution in [0.4, 0.5) is 0 Å². The van der Waals surface area contributed by atoms with Crippen LogP contribution in [0.2, 0.25) is 0 Å². The predicted molar refractivity (Wildman–Crippen MR) is 30.2 cm³/mol. The molecule has 0 atom stereocenters. The molecule has 0 aliphatic rings. The van der Waals surface area contributed by atoms with E-state index in [0.29, 0.717) is 0 Å². The largest absolute Gasteiger partial charge is 1.00 e. The summed E-state index contributed by atoms with van der Waals surface area (Å²) in [5.74, 6) is -1.64. The molecule has 0 N–H and O–H groups in total. The molecule has 52 valence electrons. The van der Waals surface area contributed by atoms with Crippen molar-refractivity contribution in [2.24, 2.45) is 0 Å². The fourth-order valence-corrected chi connectivity index (χ4v) is 0.623. The van der Waals surface area contributed by atoms with Crippen molar-refractivity contribution in [3.8, 4) is 5.75 Å². The monoisotopic (exact) mass is 182 g/mol. The Bertz CT molecular complexity index is 263. The van der Waals surface area contributed by atoms with Crippen LogP contribution in [0.1, 0.15) is 10.4 Å². The number of carboxylic acid groups (broad SMARTS) is 1. The third kappa shape index (κ3) is 4.50. The van der Waals surface area contributed by atoms with Crippen molar-refractivity contribution >= 4 is 5.97 Å². The van der Waals surface area contributed by atoms with Crippen molar-refractivity contribution in [2.75, 3.05) is 0 Å². The average Bonchev–Trinajstić information content (AvgIpc) is 1.88. The number of benzene rings is 1. The Morgan fingerprint density at radius 1 is 1.25 bits per heavy atom. The molecule has 0 fully saturated rings. The molecule has 5 heteroatoms.